The summed E-state index contributed by atoms with van der Waals surface area (Å²) in [6.07, 6.45) is 2.01. The fourth-order valence-corrected chi connectivity index (χ4v) is 1.62. The van der Waals surface area contributed by atoms with Crippen LogP contribution in [0.25, 0.3) is 0 Å². The van der Waals surface area contributed by atoms with Gasteiger partial charge in [0.05, 0.1) is 0 Å². The zero-order chi connectivity index (χ0) is 9.14. The van der Waals surface area contributed by atoms with E-state index in [1.807, 2.05) is 0 Å². The third-order valence-electron chi connectivity index (χ3n) is 2.28. The van der Waals surface area contributed by atoms with E-state index in [-0.39, 0.29) is 0 Å². The van der Waals surface area contributed by atoms with Gasteiger partial charge in [-0.3, -0.25) is 10.0 Å². The molecular weight excluding hydrogens is 150 g/mol. The van der Waals surface area contributed by atoms with Crippen LogP contribution in [-0.2, 0) is 0 Å². The van der Waals surface area contributed by atoms with Gasteiger partial charge in [-0.25, -0.2) is 5.84 Å². The van der Waals surface area contributed by atoms with Crippen LogP contribution in [0.4, 0.5) is 0 Å². The first-order chi connectivity index (χ1) is 5.70. The van der Waals surface area contributed by atoms with Crippen molar-refractivity contribution < 1.29 is 0 Å². The molecule has 0 unspecified atom stereocenters. The standard InChI is InChI=1S/C9H17N3/c1-4-8-7(3)11-6-12(10)9(8)5-2/h4-6,10H2,1-3H3. The lowest BCUT2D eigenvalue weighted by atomic mass is 10.0. The minimum atomic E-state index is 0.610. The van der Waals surface area contributed by atoms with E-state index < -0.39 is 0 Å². The molecule has 0 fully saturated rings. The average Bonchev–Trinajstić information content (AvgIpc) is 2.08. The molecule has 0 saturated heterocycles. The molecule has 2 N–H and O–H groups in total. The molecule has 0 amide bonds. The van der Waals surface area contributed by atoms with E-state index in [2.05, 4.69) is 25.8 Å². The van der Waals surface area contributed by atoms with Gasteiger partial charge in [0.1, 0.15) is 6.67 Å². The molecule has 0 radical (unpaired) electrons. The Bertz CT molecular complexity index is 228. The lowest BCUT2D eigenvalue weighted by molar-refractivity contribution is 0.351. The zero-order valence-electron chi connectivity index (χ0n) is 8.09. The molecule has 0 aliphatic carbocycles. The van der Waals surface area contributed by atoms with Gasteiger partial charge in [0.15, 0.2) is 0 Å². The monoisotopic (exact) mass is 167 g/mol. The minimum Gasteiger partial charge on any atom is -0.293 e. The SMILES string of the molecule is CCC1=C(CC)N(N)CN=C1C. The summed E-state index contributed by atoms with van der Waals surface area (Å²) in [5, 5.41) is 1.74. The molecule has 3 heteroatoms. The zero-order valence-corrected chi connectivity index (χ0v) is 8.09. The van der Waals surface area contributed by atoms with Crippen LogP contribution in [0.3, 0.4) is 0 Å². The Balaban J connectivity index is 2.99. The van der Waals surface area contributed by atoms with Crippen molar-refractivity contribution >= 4 is 5.71 Å². The van der Waals surface area contributed by atoms with E-state index in [0.29, 0.717) is 6.67 Å². The number of hydrazine groups is 1. The minimum absolute atomic E-state index is 0.610. The molecule has 0 atom stereocenters. The molecule has 0 aromatic carbocycles. The summed E-state index contributed by atoms with van der Waals surface area (Å²) in [6, 6.07) is 0. The molecule has 3 nitrogen and oxygen atoms in total. The van der Waals surface area contributed by atoms with Crippen LogP contribution in [0.1, 0.15) is 33.6 Å². The Morgan fingerprint density at radius 2 is 2.08 bits per heavy atom. The van der Waals surface area contributed by atoms with E-state index in [1.54, 1.807) is 5.01 Å². The van der Waals surface area contributed by atoms with E-state index in [9.17, 15) is 0 Å². The van der Waals surface area contributed by atoms with Crippen LogP contribution in [0.2, 0.25) is 0 Å². The largest absolute Gasteiger partial charge is 0.293 e. The van der Waals surface area contributed by atoms with Crippen molar-refractivity contribution in [2.24, 2.45) is 10.8 Å². The highest BCUT2D eigenvalue weighted by atomic mass is 15.4. The number of allylic oxidation sites excluding steroid dienone is 2. The molecule has 0 aromatic rings. The number of hydrogen-bond acceptors (Lipinski definition) is 3. The number of hydrogen-bond donors (Lipinski definition) is 1. The molecule has 1 heterocycles. The van der Waals surface area contributed by atoms with Gasteiger partial charge in [0.2, 0.25) is 0 Å². The average molecular weight is 167 g/mol. The Labute approximate surface area is 73.9 Å². The number of rotatable bonds is 2. The topological polar surface area (TPSA) is 41.6 Å². The fraction of sp³-hybridized carbons (Fsp3) is 0.667. The Morgan fingerprint density at radius 1 is 1.42 bits per heavy atom. The molecule has 1 aliphatic rings. The third kappa shape index (κ3) is 1.50. The first-order valence-electron chi connectivity index (χ1n) is 4.46. The molecule has 0 saturated carbocycles. The smallest absolute Gasteiger partial charge is 0.124 e. The Hall–Kier alpha value is -0.830. The Morgan fingerprint density at radius 3 is 2.50 bits per heavy atom. The van der Waals surface area contributed by atoms with Gasteiger partial charge in [0.25, 0.3) is 0 Å². The van der Waals surface area contributed by atoms with Crippen molar-refractivity contribution in [1.29, 1.82) is 0 Å². The van der Waals surface area contributed by atoms with Gasteiger partial charge in [-0.15, -0.1) is 0 Å². The van der Waals surface area contributed by atoms with Crippen LogP contribution in [0.15, 0.2) is 16.3 Å². The van der Waals surface area contributed by atoms with Gasteiger partial charge in [0, 0.05) is 11.4 Å². The summed E-state index contributed by atoms with van der Waals surface area (Å²) >= 11 is 0. The van der Waals surface area contributed by atoms with Gasteiger partial charge < -0.3 is 0 Å². The lowest BCUT2D eigenvalue weighted by Gasteiger charge is -2.27. The number of nitrogens with two attached hydrogens (primary N) is 1. The first kappa shape index (κ1) is 9.26. The number of aliphatic imine (C=N–C) groups is 1. The van der Waals surface area contributed by atoms with Crippen LogP contribution >= 0.6 is 0 Å². The van der Waals surface area contributed by atoms with E-state index in [4.69, 9.17) is 5.84 Å². The van der Waals surface area contributed by atoms with E-state index >= 15 is 0 Å². The van der Waals surface area contributed by atoms with E-state index in [1.165, 1.54) is 11.3 Å². The predicted molar refractivity (Wildman–Crippen MR) is 51.6 cm³/mol. The van der Waals surface area contributed by atoms with Crippen molar-refractivity contribution in [2.45, 2.75) is 33.6 Å². The van der Waals surface area contributed by atoms with Gasteiger partial charge in [-0.2, -0.15) is 0 Å². The van der Waals surface area contributed by atoms with Crippen molar-refractivity contribution in [3.8, 4) is 0 Å². The van der Waals surface area contributed by atoms with Crippen molar-refractivity contribution in [3.05, 3.63) is 11.3 Å². The van der Waals surface area contributed by atoms with Crippen molar-refractivity contribution in [2.75, 3.05) is 6.67 Å². The Kier molecular flexibility index (Phi) is 2.87. The summed E-state index contributed by atoms with van der Waals surface area (Å²) in [5.41, 5.74) is 3.70. The van der Waals surface area contributed by atoms with E-state index in [0.717, 1.165) is 18.6 Å². The van der Waals surface area contributed by atoms with Gasteiger partial charge in [-0.1, -0.05) is 13.8 Å². The summed E-state index contributed by atoms with van der Waals surface area (Å²) in [4.78, 5) is 4.32. The normalized spacial score (nSPS) is 18.3. The highest BCUT2D eigenvalue weighted by molar-refractivity contribution is 5.99. The molecule has 0 bridgehead atoms. The van der Waals surface area contributed by atoms with Gasteiger partial charge >= 0.3 is 0 Å². The first-order valence-corrected chi connectivity index (χ1v) is 4.46. The second-order valence-corrected chi connectivity index (χ2v) is 2.99. The van der Waals surface area contributed by atoms with Crippen LogP contribution < -0.4 is 5.84 Å². The fourth-order valence-electron chi connectivity index (χ4n) is 1.62. The second-order valence-electron chi connectivity index (χ2n) is 2.99. The molecule has 68 valence electrons. The van der Waals surface area contributed by atoms with Gasteiger partial charge in [-0.05, 0) is 25.3 Å². The lowest BCUT2D eigenvalue weighted by Crippen LogP contribution is -2.35. The molecule has 1 aliphatic heterocycles. The molecule has 0 aromatic heterocycles. The summed E-state index contributed by atoms with van der Waals surface area (Å²) in [7, 11) is 0. The second kappa shape index (κ2) is 3.72. The molecule has 0 spiro atoms. The van der Waals surface area contributed by atoms with Crippen molar-refractivity contribution in [1.82, 2.24) is 5.01 Å². The maximum absolute atomic E-state index is 5.79. The summed E-state index contributed by atoms with van der Waals surface area (Å²) in [5.74, 6) is 5.79. The highest BCUT2D eigenvalue weighted by Gasteiger charge is 2.15. The maximum Gasteiger partial charge on any atom is 0.124 e. The van der Waals surface area contributed by atoms with Crippen molar-refractivity contribution in [3.63, 3.8) is 0 Å². The molecule has 12 heavy (non-hydrogen) atoms. The number of nitrogens with zero attached hydrogens (tertiary/aromatic N) is 2. The quantitative estimate of drug-likeness (QED) is 0.636. The maximum atomic E-state index is 5.79. The van der Waals surface area contributed by atoms with Crippen LogP contribution in [0.5, 0.6) is 0 Å². The van der Waals surface area contributed by atoms with Crippen LogP contribution in [0, 0.1) is 0 Å². The highest BCUT2D eigenvalue weighted by Crippen LogP contribution is 2.19. The summed E-state index contributed by atoms with van der Waals surface area (Å²) in [6.45, 7) is 6.94. The van der Waals surface area contributed by atoms with Crippen LogP contribution in [-0.4, -0.2) is 17.4 Å². The summed E-state index contributed by atoms with van der Waals surface area (Å²) < 4.78 is 0. The molecular formula is C9H17N3. The molecule has 1 rings (SSSR count). The third-order valence-corrected chi connectivity index (χ3v) is 2.28. The predicted octanol–water partition coefficient (Wildman–Crippen LogP) is 1.67.